The number of nitrogens with one attached hydrogen (secondary N) is 1. The second kappa shape index (κ2) is 8.95. The lowest BCUT2D eigenvalue weighted by atomic mass is 10.1. The highest BCUT2D eigenvalue weighted by molar-refractivity contribution is 6.36. The molecule has 0 spiro atoms. The molecule has 0 atom stereocenters. The maximum absolute atomic E-state index is 5.82. The largest absolute Gasteiger partial charge is 0.493 e. The molecule has 0 unspecified atom stereocenters. The van der Waals surface area contributed by atoms with Gasteiger partial charge in [-0.05, 0) is 24.2 Å². The monoisotopic (exact) mass is 319 g/mol. The molecule has 1 rings (SSSR count). The molecular formula is C14H19Cl2NO3. The Balaban J connectivity index is 3.01. The van der Waals surface area contributed by atoms with Crippen LogP contribution in [0.4, 0.5) is 0 Å². The first kappa shape index (κ1) is 17.0. The smallest absolute Gasteiger partial charge is 0.203 e. The number of halogens is 2. The van der Waals surface area contributed by atoms with Gasteiger partial charge in [0.1, 0.15) is 6.61 Å². The van der Waals surface area contributed by atoms with Gasteiger partial charge in [0.05, 0.1) is 19.3 Å². The van der Waals surface area contributed by atoms with Crippen molar-refractivity contribution in [2.24, 2.45) is 0 Å². The fourth-order valence-corrected chi connectivity index (χ4v) is 1.74. The number of rotatable bonds is 8. The molecule has 4 nitrogen and oxygen atoms in total. The molecule has 0 aromatic heterocycles. The maximum atomic E-state index is 5.82. The molecule has 0 aliphatic heterocycles. The number of methoxy groups -OCH3 is 2. The summed E-state index contributed by atoms with van der Waals surface area (Å²) >= 11 is 11.3. The van der Waals surface area contributed by atoms with Crippen LogP contribution in [-0.2, 0) is 6.54 Å². The molecule has 0 fully saturated rings. The number of benzene rings is 1. The average molecular weight is 320 g/mol. The SMILES string of the molecule is CCNCc1cc(OC)c(OCC(Cl)=CCl)c(OC)c1. The summed E-state index contributed by atoms with van der Waals surface area (Å²) in [5.74, 6) is 1.69. The van der Waals surface area contributed by atoms with E-state index in [1.54, 1.807) is 14.2 Å². The van der Waals surface area contributed by atoms with Gasteiger partial charge in [-0.15, -0.1) is 0 Å². The van der Waals surface area contributed by atoms with Crippen molar-refractivity contribution >= 4 is 23.2 Å². The van der Waals surface area contributed by atoms with Crippen LogP contribution in [0.1, 0.15) is 12.5 Å². The van der Waals surface area contributed by atoms with Gasteiger partial charge in [0.15, 0.2) is 11.5 Å². The van der Waals surface area contributed by atoms with Crippen LogP contribution >= 0.6 is 23.2 Å². The van der Waals surface area contributed by atoms with Crippen LogP contribution in [0.25, 0.3) is 0 Å². The fourth-order valence-electron chi connectivity index (χ4n) is 1.62. The van der Waals surface area contributed by atoms with Gasteiger partial charge in [0, 0.05) is 12.1 Å². The molecular weight excluding hydrogens is 301 g/mol. The molecule has 0 aliphatic carbocycles. The molecule has 1 aromatic rings. The van der Waals surface area contributed by atoms with E-state index in [-0.39, 0.29) is 6.61 Å². The summed E-state index contributed by atoms with van der Waals surface area (Å²) in [5.41, 5.74) is 2.31. The van der Waals surface area contributed by atoms with E-state index in [9.17, 15) is 0 Å². The second-order valence-electron chi connectivity index (χ2n) is 3.95. The van der Waals surface area contributed by atoms with Gasteiger partial charge in [-0.1, -0.05) is 30.1 Å². The molecule has 0 amide bonds. The van der Waals surface area contributed by atoms with E-state index in [0.717, 1.165) is 18.7 Å². The van der Waals surface area contributed by atoms with Gasteiger partial charge in [0.2, 0.25) is 5.75 Å². The number of ether oxygens (including phenoxy) is 3. The van der Waals surface area contributed by atoms with Crippen molar-refractivity contribution in [3.05, 3.63) is 28.3 Å². The topological polar surface area (TPSA) is 39.7 Å². The first-order valence-electron chi connectivity index (χ1n) is 6.19. The van der Waals surface area contributed by atoms with Crippen LogP contribution in [0.3, 0.4) is 0 Å². The van der Waals surface area contributed by atoms with Crippen molar-refractivity contribution in [2.45, 2.75) is 13.5 Å². The number of hydrogen-bond donors (Lipinski definition) is 1. The van der Waals surface area contributed by atoms with Gasteiger partial charge in [-0.3, -0.25) is 0 Å². The van der Waals surface area contributed by atoms with Gasteiger partial charge in [-0.2, -0.15) is 0 Å². The molecule has 0 saturated carbocycles. The molecule has 20 heavy (non-hydrogen) atoms. The first-order chi connectivity index (χ1) is 9.65. The lowest BCUT2D eigenvalue weighted by Crippen LogP contribution is -2.12. The van der Waals surface area contributed by atoms with E-state index in [1.165, 1.54) is 5.54 Å². The van der Waals surface area contributed by atoms with Gasteiger partial charge in [-0.25, -0.2) is 0 Å². The summed E-state index contributed by atoms with van der Waals surface area (Å²) in [6.07, 6.45) is 0. The van der Waals surface area contributed by atoms with Crippen LogP contribution in [0.15, 0.2) is 22.7 Å². The molecule has 0 bridgehead atoms. The van der Waals surface area contributed by atoms with Crippen molar-refractivity contribution in [3.63, 3.8) is 0 Å². The van der Waals surface area contributed by atoms with Gasteiger partial charge < -0.3 is 19.5 Å². The van der Waals surface area contributed by atoms with E-state index >= 15 is 0 Å². The van der Waals surface area contributed by atoms with Gasteiger partial charge >= 0.3 is 0 Å². The van der Waals surface area contributed by atoms with Crippen LogP contribution in [-0.4, -0.2) is 27.4 Å². The lowest BCUT2D eigenvalue weighted by Gasteiger charge is -2.16. The Morgan fingerprint density at radius 3 is 2.30 bits per heavy atom. The third-order valence-electron chi connectivity index (χ3n) is 2.57. The quantitative estimate of drug-likeness (QED) is 0.796. The van der Waals surface area contributed by atoms with Gasteiger partial charge in [0.25, 0.3) is 0 Å². The average Bonchev–Trinajstić information content (AvgIpc) is 2.49. The predicted molar refractivity (Wildman–Crippen MR) is 82.2 cm³/mol. The molecule has 0 aliphatic rings. The molecule has 0 radical (unpaired) electrons. The van der Waals surface area contributed by atoms with E-state index < -0.39 is 0 Å². The first-order valence-corrected chi connectivity index (χ1v) is 7.00. The standard InChI is InChI=1S/C14H19Cl2NO3/c1-4-17-8-10-5-12(18-2)14(13(6-10)19-3)20-9-11(16)7-15/h5-7,17H,4,8-9H2,1-3H3. The Morgan fingerprint density at radius 1 is 1.25 bits per heavy atom. The molecule has 1 aromatic carbocycles. The Bertz CT molecular complexity index is 439. The molecule has 1 N–H and O–H groups in total. The van der Waals surface area contributed by atoms with E-state index in [0.29, 0.717) is 22.3 Å². The van der Waals surface area contributed by atoms with E-state index in [1.807, 2.05) is 19.1 Å². The van der Waals surface area contributed by atoms with Crippen molar-refractivity contribution in [2.75, 3.05) is 27.4 Å². The third kappa shape index (κ3) is 4.78. The maximum Gasteiger partial charge on any atom is 0.203 e. The minimum atomic E-state index is 0.157. The van der Waals surface area contributed by atoms with Crippen molar-refractivity contribution in [1.82, 2.24) is 5.32 Å². The second-order valence-corrected chi connectivity index (χ2v) is 4.66. The van der Waals surface area contributed by atoms with Crippen LogP contribution in [0.5, 0.6) is 17.2 Å². The fraction of sp³-hybridized carbons (Fsp3) is 0.429. The highest BCUT2D eigenvalue weighted by atomic mass is 35.5. The molecule has 0 saturated heterocycles. The summed E-state index contributed by atoms with van der Waals surface area (Å²) in [6.45, 7) is 3.82. The summed E-state index contributed by atoms with van der Waals surface area (Å²) in [5, 5.41) is 3.64. The van der Waals surface area contributed by atoms with Crippen molar-refractivity contribution in [1.29, 1.82) is 0 Å². The van der Waals surface area contributed by atoms with Crippen molar-refractivity contribution in [3.8, 4) is 17.2 Å². The zero-order valence-electron chi connectivity index (χ0n) is 11.8. The highest BCUT2D eigenvalue weighted by Crippen LogP contribution is 2.38. The predicted octanol–water partition coefficient (Wildman–Crippen LogP) is 3.51. The lowest BCUT2D eigenvalue weighted by molar-refractivity contribution is 0.298. The highest BCUT2D eigenvalue weighted by Gasteiger charge is 2.14. The normalized spacial score (nSPS) is 11.3. The zero-order valence-corrected chi connectivity index (χ0v) is 13.3. The minimum Gasteiger partial charge on any atom is -0.493 e. The van der Waals surface area contributed by atoms with Crippen LogP contribution < -0.4 is 19.5 Å². The van der Waals surface area contributed by atoms with E-state index in [2.05, 4.69) is 5.32 Å². The number of hydrogen-bond acceptors (Lipinski definition) is 4. The zero-order chi connectivity index (χ0) is 15.0. The van der Waals surface area contributed by atoms with E-state index in [4.69, 9.17) is 37.4 Å². The Labute approximate surface area is 129 Å². The summed E-state index contributed by atoms with van der Waals surface area (Å²) in [6, 6.07) is 3.80. The summed E-state index contributed by atoms with van der Waals surface area (Å²) in [4.78, 5) is 0. The van der Waals surface area contributed by atoms with Crippen LogP contribution in [0.2, 0.25) is 0 Å². The summed E-state index contributed by atoms with van der Waals surface area (Å²) < 4.78 is 16.3. The molecule has 0 heterocycles. The van der Waals surface area contributed by atoms with Crippen molar-refractivity contribution < 1.29 is 14.2 Å². The Kier molecular flexibility index (Phi) is 7.59. The third-order valence-corrected chi connectivity index (χ3v) is 3.17. The Hall–Kier alpha value is -1.10. The Morgan fingerprint density at radius 2 is 1.85 bits per heavy atom. The minimum absolute atomic E-state index is 0.157. The molecule has 112 valence electrons. The molecule has 6 heteroatoms. The summed E-state index contributed by atoms with van der Waals surface area (Å²) in [7, 11) is 3.16. The van der Waals surface area contributed by atoms with Crippen LogP contribution in [0, 0.1) is 0 Å².